The van der Waals surface area contributed by atoms with Gasteiger partial charge < -0.3 is 10.1 Å². The Hall–Kier alpha value is -2.65. The largest absolute Gasteiger partial charge is 0.477 e. The highest BCUT2D eigenvalue weighted by Gasteiger charge is 2.15. The molecule has 0 unspecified atom stereocenters. The average Bonchev–Trinajstić information content (AvgIpc) is 3.03. The van der Waals surface area contributed by atoms with Gasteiger partial charge in [0.25, 0.3) is 0 Å². The van der Waals surface area contributed by atoms with Crippen molar-refractivity contribution < 1.29 is 9.90 Å². The van der Waals surface area contributed by atoms with Gasteiger partial charge in [-0.1, -0.05) is 0 Å². The first-order chi connectivity index (χ1) is 10.1. The van der Waals surface area contributed by atoms with Crippen molar-refractivity contribution in [2.45, 2.75) is 13.3 Å². The van der Waals surface area contributed by atoms with Crippen molar-refractivity contribution in [2.75, 3.05) is 0 Å². The summed E-state index contributed by atoms with van der Waals surface area (Å²) in [6.45, 7) is 1.69. The van der Waals surface area contributed by atoms with Crippen LogP contribution in [-0.2, 0) is 6.42 Å². The van der Waals surface area contributed by atoms with E-state index >= 15 is 0 Å². The van der Waals surface area contributed by atoms with E-state index in [1.165, 1.54) is 11.3 Å². The zero-order chi connectivity index (χ0) is 15.0. The molecule has 0 aliphatic heterocycles. The summed E-state index contributed by atoms with van der Waals surface area (Å²) in [5.74, 6) is -0.954. The molecule has 3 aromatic rings. The van der Waals surface area contributed by atoms with Gasteiger partial charge in [0.05, 0.1) is 18.2 Å². The second kappa shape index (κ2) is 5.04. The lowest BCUT2D eigenvalue weighted by molar-refractivity contribution is 0.0701. The SMILES string of the molecule is Cc1nc(-c2ccc3[nH]cc(CC#N)c3c2)sc1C(=O)O. The van der Waals surface area contributed by atoms with Crippen molar-refractivity contribution >= 4 is 28.2 Å². The highest BCUT2D eigenvalue weighted by molar-refractivity contribution is 7.17. The van der Waals surface area contributed by atoms with Crippen LogP contribution in [0.2, 0.25) is 0 Å². The number of benzene rings is 1. The molecule has 0 spiro atoms. The average molecular weight is 297 g/mol. The fourth-order valence-corrected chi connectivity index (χ4v) is 3.16. The summed E-state index contributed by atoms with van der Waals surface area (Å²) in [4.78, 5) is 18.8. The number of fused-ring (bicyclic) bond motifs is 1. The molecule has 5 nitrogen and oxygen atoms in total. The lowest BCUT2D eigenvalue weighted by Gasteiger charge is -1.98. The molecule has 0 fully saturated rings. The monoisotopic (exact) mass is 297 g/mol. The van der Waals surface area contributed by atoms with Gasteiger partial charge in [0.2, 0.25) is 0 Å². The molecular weight excluding hydrogens is 286 g/mol. The summed E-state index contributed by atoms with van der Waals surface area (Å²) in [6.07, 6.45) is 2.16. The molecule has 0 saturated carbocycles. The fraction of sp³-hybridized carbons (Fsp3) is 0.133. The number of rotatable bonds is 3. The number of carboxylic acid groups (broad SMARTS) is 1. The van der Waals surface area contributed by atoms with Gasteiger partial charge in [0.15, 0.2) is 0 Å². The van der Waals surface area contributed by atoms with Gasteiger partial charge in [-0.15, -0.1) is 11.3 Å². The van der Waals surface area contributed by atoms with E-state index in [1.807, 2.05) is 24.4 Å². The van der Waals surface area contributed by atoms with Gasteiger partial charge >= 0.3 is 5.97 Å². The maximum Gasteiger partial charge on any atom is 0.347 e. The van der Waals surface area contributed by atoms with E-state index in [0.29, 0.717) is 17.1 Å². The molecule has 0 saturated heterocycles. The van der Waals surface area contributed by atoms with Crippen LogP contribution in [0, 0.1) is 18.3 Å². The maximum atomic E-state index is 11.1. The number of H-pyrrole nitrogens is 1. The van der Waals surface area contributed by atoms with E-state index in [9.17, 15) is 4.79 Å². The number of thiazole rings is 1. The molecule has 2 heterocycles. The highest BCUT2D eigenvalue weighted by Crippen LogP contribution is 2.31. The predicted molar refractivity (Wildman–Crippen MR) is 80.4 cm³/mol. The van der Waals surface area contributed by atoms with Crippen LogP contribution < -0.4 is 0 Å². The lowest BCUT2D eigenvalue weighted by Crippen LogP contribution is -1.94. The van der Waals surface area contributed by atoms with Crippen LogP contribution in [0.5, 0.6) is 0 Å². The van der Waals surface area contributed by atoms with Crippen molar-refractivity contribution in [3.8, 4) is 16.6 Å². The quantitative estimate of drug-likeness (QED) is 0.775. The Labute approximate surface area is 124 Å². The van der Waals surface area contributed by atoms with Crippen LogP contribution in [0.25, 0.3) is 21.5 Å². The number of aryl methyl sites for hydroxylation is 1. The maximum absolute atomic E-state index is 11.1. The van der Waals surface area contributed by atoms with Gasteiger partial charge in [-0.25, -0.2) is 9.78 Å². The van der Waals surface area contributed by atoms with Crippen LogP contribution in [0.1, 0.15) is 20.9 Å². The Morgan fingerprint density at radius 3 is 3.00 bits per heavy atom. The molecule has 2 aromatic heterocycles. The van der Waals surface area contributed by atoms with Crippen LogP contribution in [0.3, 0.4) is 0 Å². The summed E-state index contributed by atoms with van der Waals surface area (Å²) in [5, 5.41) is 19.6. The van der Waals surface area contributed by atoms with Crippen LogP contribution in [0.15, 0.2) is 24.4 Å². The lowest BCUT2D eigenvalue weighted by atomic mass is 10.1. The number of nitriles is 1. The van der Waals surface area contributed by atoms with Gasteiger partial charge in [0.1, 0.15) is 9.88 Å². The van der Waals surface area contributed by atoms with Gasteiger partial charge in [-0.3, -0.25) is 0 Å². The molecule has 3 rings (SSSR count). The normalized spacial score (nSPS) is 10.7. The Balaban J connectivity index is 2.12. The summed E-state index contributed by atoms with van der Waals surface area (Å²) in [7, 11) is 0. The third kappa shape index (κ3) is 2.28. The molecule has 0 bridgehead atoms. The molecule has 0 amide bonds. The number of aromatic amines is 1. The minimum absolute atomic E-state index is 0.261. The van der Waals surface area contributed by atoms with Gasteiger partial charge in [-0.05, 0) is 30.7 Å². The van der Waals surface area contributed by atoms with Crippen LogP contribution >= 0.6 is 11.3 Å². The number of aromatic nitrogens is 2. The smallest absolute Gasteiger partial charge is 0.347 e. The standard InChI is InChI=1S/C15H11N3O2S/c1-8-13(15(19)20)21-14(18-8)9-2-3-12-11(6-9)10(4-5-16)7-17-12/h2-3,6-7,17H,4H2,1H3,(H,19,20). The first-order valence-electron chi connectivity index (χ1n) is 6.28. The molecule has 104 valence electrons. The number of hydrogen-bond donors (Lipinski definition) is 2. The first kappa shape index (κ1) is 13.3. The summed E-state index contributed by atoms with van der Waals surface area (Å²) in [6, 6.07) is 7.91. The molecule has 0 aliphatic rings. The van der Waals surface area contributed by atoms with Crippen molar-refractivity contribution in [3.63, 3.8) is 0 Å². The molecule has 2 N–H and O–H groups in total. The number of carboxylic acids is 1. The molecule has 0 radical (unpaired) electrons. The Morgan fingerprint density at radius 2 is 2.33 bits per heavy atom. The van der Waals surface area contributed by atoms with Gasteiger partial charge in [0, 0.05) is 22.7 Å². The second-order valence-electron chi connectivity index (χ2n) is 4.65. The van der Waals surface area contributed by atoms with E-state index in [4.69, 9.17) is 10.4 Å². The molecular formula is C15H11N3O2S. The third-order valence-corrected chi connectivity index (χ3v) is 4.47. The second-order valence-corrected chi connectivity index (χ2v) is 5.65. The zero-order valence-corrected chi connectivity index (χ0v) is 12.0. The molecule has 21 heavy (non-hydrogen) atoms. The van der Waals surface area contributed by atoms with E-state index in [0.717, 1.165) is 22.0 Å². The number of aromatic carboxylic acids is 1. The topological polar surface area (TPSA) is 89.8 Å². The minimum Gasteiger partial charge on any atom is -0.477 e. The van der Waals surface area contributed by atoms with E-state index in [-0.39, 0.29) is 4.88 Å². The van der Waals surface area contributed by atoms with Crippen molar-refractivity contribution in [2.24, 2.45) is 0 Å². The van der Waals surface area contributed by atoms with Crippen LogP contribution in [-0.4, -0.2) is 21.0 Å². The summed E-state index contributed by atoms with van der Waals surface area (Å²) < 4.78 is 0. The van der Waals surface area contributed by atoms with E-state index in [1.54, 1.807) is 6.92 Å². The van der Waals surface area contributed by atoms with Crippen LogP contribution in [0.4, 0.5) is 0 Å². The highest BCUT2D eigenvalue weighted by atomic mass is 32.1. The van der Waals surface area contributed by atoms with E-state index < -0.39 is 5.97 Å². The molecule has 6 heteroatoms. The number of carbonyl (C=O) groups is 1. The Bertz CT molecular complexity index is 886. The third-order valence-electron chi connectivity index (χ3n) is 3.27. The Morgan fingerprint density at radius 1 is 1.52 bits per heavy atom. The predicted octanol–water partition coefficient (Wildman–Crippen LogP) is 3.36. The molecule has 1 aromatic carbocycles. The van der Waals surface area contributed by atoms with Crippen molar-refractivity contribution in [1.29, 1.82) is 5.26 Å². The first-order valence-corrected chi connectivity index (χ1v) is 7.10. The summed E-state index contributed by atoms with van der Waals surface area (Å²) >= 11 is 1.17. The number of hydrogen-bond acceptors (Lipinski definition) is 4. The summed E-state index contributed by atoms with van der Waals surface area (Å²) in [5.41, 5.74) is 3.27. The number of nitrogens with zero attached hydrogens (tertiary/aromatic N) is 2. The Kier molecular flexibility index (Phi) is 3.20. The molecule has 0 aliphatic carbocycles. The van der Waals surface area contributed by atoms with Crippen molar-refractivity contribution in [1.82, 2.24) is 9.97 Å². The fourth-order valence-electron chi connectivity index (χ4n) is 2.26. The van der Waals surface area contributed by atoms with E-state index in [2.05, 4.69) is 16.0 Å². The van der Waals surface area contributed by atoms with Crippen molar-refractivity contribution in [3.05, 3.63) is 40.5 Å². The molecule has 0 atom stereocenters. The number of nitrogens with one attached hydrogen (secondary N) is 1. The minimum atomic E-state index is -0.954. The van der Waals surface area contributed by atoms with Gasteiger partial charge in [-0.2, -0.15) is 5.26 Å². The zero-order valence-electron chi connectivity index (χ0n) is 11.2.